The van der Waals surface area contributed by atoms with Crippen molar-refractivity contribution in [3.05, 3.63) is 30.1 Å². The van der Waals surface area contributed by atoms with Gasteiger partial charge in [-0.2, -0.15) is 0 Å². The molecule has 2 N–H and O–H groups in total. The van der Waals surface area contributed by atoms with Crippen molar-refractivity contribution in [3.8, 4) is 0 Å². The average molecular weight is 293 g/mol. The monoisotopic (exact) mass is 293 g/mol. The first kappa shape index (κ1) is 15.0. The van der Waals surface area contributed by atoms with Crippen molar-refractivity contribution in [1.82, 2.24) is 10.2 Å². The second-order valence-corrected chi connectivity index (χ2v) is 5.15. The summed E-state index contributed by atoms with van der Waals surface area (Å²) in [6.45, 7) is 3.21. The Labute approximate surface area is 121 Å². The van der Waals surface area contributed by atoms with Crippen molar-refractivity contribution in [2.24, 2.45) is 5.92 Å². The molecular formula is C14H16FN3O3. The number of amides is 4. The molecule has 21 heavy (non-hydrogen) atoms. The number of carbonyl (C=O) groups excluding carboxylic acids is 3. The summed E-state index contributed by atoms with van der Waals surface area (Å²) in [5, 5.41) is 4.97. The molecule has 0 aromatic heterocycles. The molecule has 1 aromatic rings. The molecule has 112 valence electrons. The zero-order chi connectivity index (χ0) is 15.6. The Morgan fingerprint density at radius 3 is 2.71 bits per heavy atom. The van der Waals surface area contributed by atoms with Crippen molar-refractivity contribution in [1.29, 1.82) is 0 Å². The molecule has 6 nitrogen and oxygen atoms in total. The number of halogens is 1. The SMILES string of the molecule is CC(C)[C@@H]1NC(=O)N(CC(=O)Nc2cccc(F)c2)C1=O. The third-order valence-electron chi connectivity index (χ3n) is 3.13. The van der Waals surface area contributed by atoms with E-state index in [1.807, 2.05) is 0 Å². The highest BCUT2D eigenvalue weighted by Crippen LogP contribution is 2.14. The van der Waals surface area contributed by atoms with E-state index in [2.05, 4.69) is 10.6 Å². The van der Waals surface area contributed by atoms with Crippen LogP contribution in [0, 0.1) is 11.7 Å². The number of hydrogen-bond acceptors (Lipinski definition) is 3. The molecule has 1 aliphatic rings. The Morgan fingerprint density at radius 2 is 2.14 bits per heavy atom. The molecule has 0 spiro atoms. The lowest BCUT2D eigenvalue weighted by Crippen LogP contribution is -2.39. The summed E-state index contributed by atoms with van der Waals surface area (Å²) in [6, 6.07) is 4.17. The first-order valence-electron chi connectivity index (χ1n) is 6.56. The van der Waals surface area contributed by atoms with E-state index >= 15 is 0 Å². The van der Waals surface area contributed by atoms with Crippen LogP contribution in [-0.2, 0) is 9.59 Å². The van der Waals surface area contributed by atoms with Gasteiger partial charge in [-0.3, -0.25) is 14.5 Å². The van der Waals surface area contributed by atoms with E-state index in [4.69, 9.17) is 0 Å². The van der Waals surface area contributed by atoms with E-state index in [-0.39, 0.29) is 11.6 Å². The predicted molar refractivity (Wildman–Crippen MR) is 73.9 cm³/mol. The number of benzene rings is 1. The fraction of sp³-hybridized carbons (Fsp3) is 0.357. The summed E-state index contributed by atoms with van der Waals surface area (Å²) in [5.41, 5.74) is 0.271. The van der Waals surface area contributed by atoms with E-state index in [0.717, 1.165) is 11.0 Å². The predicted octanol–water partition coefficient (Wildman–Crippen LogP) is 1.34. The van der Waals surface area contributed by atoms with Gasteiger partial charge < -0.3 is 10.6 Å². The molecule has 1 aromatic carbocycles. The topological polar surface area (TPSA) is 78.5 Å². The average Bonchev–Trinajstić information content (AvgIpc) is 2.67. The molecule has 1 heterocycles. The molecule has 1 fully saturated rings. The van der Waals surface area contributed by atoms with Gasteiger partial charge in [0.15, 0.2) is 0 Å². The van der Waals surface area contributed by atoms with Crippen molar-refractivity contribution in [3.63, 3.8) is 0 Å². The Balaban J connectivity index is 2.00. The van der Waals surface area contributed by atoms with Gasteiger partial charge in [-0.15, -0.1) is 0 Å². The summed E-state index contributed by atoms with van der Waals surface area (Å²) in [7, 11) is 0. The van der Waals surface area contributed by atoms with Crippen LogP contribution in [-0.4, -0.2) is 35.3 Å². The maximum atomic E-state index is 13.0. The minimum atomic E-state index is -0.612. The standard InChI is InChI=1S/C14H16FN3O3/c1-8(2)12-13(20)18(14(21)17-12)7-11(19)16-10-5-3-4-9(15)6-10/h3-6,8,12H,7H2,1-2H3,(H,16,19)(H,17,21)/t12-/m0/s1. The number of urea groups is 1. The number of nitrogens with one attached hydrogen (secondary N) is 2. The lowest BCUT2D eigenvalue weighted by molar-refractivity contribution is -0.131. The van der Waals surface area contributed by atoms with E-state index in [9.17, 15) is 18.8 Å². The van der Waals surface area contributed by atoms with Gasteiger partial charge in [-0.25, -0.2) is 9.18 Å². The van der Waals surface area contributed by atoms with Gasteiger partial charge in [0.1, 0.15) is 18.4 Å². The van der Waals surface area contributed by atoms with Gasteiger partial charge in [0.25, 0.3) is 5.91 Å². The largest absolute Gasteiger partial charge is 0.326 e. The van der Waals surface area contributed by atoms with E-state index in [1.165, 1.54) is 18.2 Å². The van der Waals surface area contributed by atoms with Crippen LogP contribution in [0.3, 0.4) is 0 Å². The van der Waals surface area contributed by atoms with Crippen LogP contribution in [0.5, 0.6) is 0 Å². The lowest BCUT2D eigenvalue weighted by Gasteiger charge is -2.14. The Morgan fingerprint density at radius 1 is 1.43 bits per heavy atom. The maximum absolute atomic E-state index is 13.0. The molecule has 4 amide bonds. The fourth-order valence-corrected chi connectivity index (χ4v) is 2.05. The summed E-state index contributed by atoms with van der Waals surface area (Å²) in [6.07, 6.45) is 0. The van der Waals surface area contributed by atoms with Crippen LogP contribution in [0.4, 0.5) is 14.9 Å². The number of nitrogens with zero attached hydrogens (tertiary/aromatic N) is 1. The Hall–Kier alpha value is -2.44. The second-order valence-electron chi connectivity index (χ2n) is 5.15. The highest BCUT2D eigenvalue weighted by atomic mass is 19.1. The molecule has 0 radical (unpaired) electrons. The summed E-state index contributed by atoms with van der Waals surface area (Å²) >= 11 is 0. The van der Waals surface area contributed by atoms with Crippen LogP contribution in [0.1, 0.15) is 13.8 Å². The summed E-state index contributed by atoms with van der Waals surface area (Å²) < 4.78 is 13.0. The molecule has 7 heteroatoms. The van der Waals surface area contributed by atoms with Gasteiger partial charge in [0.2, 0.25) is 5.91 Å². The minimum absolute atomic E-state index is 0.0577. The smallest absolute Gasteiger partial charge is 0.325 e. The second kappa shape index (κ2) is 5.90. The number of carbonyl (C=O) groups is 3. The molecule has 1 atom stereocenters. The minimum Gasteiger partial charge on any atom is -0.326 e. The molecule has 0 saturated carbocycles. The van der Waals surface area contributed by atoms with Gasteiger partial charge in [0, 0.05) is 5.69 Å². The van der Waals surface area contributed by atoms with Crippen molar-refractivity contribution < 1.29 is 18.8 Å². The van der Waals surface area contributed by atoms with E-state index < -0.39 is 36.2 Å². The van der Waals surface area contributed by atoms with Crippen LogP contribution < -0.4 is 10.6 Å². The molecule has 1 aliphatic heterocycles. The van der Waals surface area contributed by atoms with Gasteiger partial charge in [0.05, 0.1) is 0 Å². The number of imide groups is 1. The van der Waals surface area contributed by atoms with Crippen LogP contribution in [0.2, 0.25) is 0 Å². The van der Waals surface area contributed by atoms with Crippen molar-refractivity contribution in [2.75, 3.05) is 11.9 Å². The third kappa shape index (κ3) is 3.36. The lowest BCUT2D eigenvalue weighted by atomic mass is 10.1. The summed E-state index contributed by atoms with van der Waals surface area (Å²) in [5.74, 6) is -1.53. The Bertz CT molecular complexity index is 589. The number of hydrogen-bond donors (Lipinski definition) is 2. The third-order valence-corrected chi connectivity index (χ3v) is 3.13. The highest BCUT2D eigenvalue weighted by Gasteiger charge is 2.40. The number of anilines is 1. The molecule has 1 saturated heterocycles. The van der Waals surface area contributed by atoms with Gasteiger partial charge >= 0.3 is 6.03 Å². The van der Waals surface area contributed by atoms with Crippen LogP contribution >= 0.6 is 0 Å². The normalized spacial score (nSPS) is 18.1. The molecule has 0 unspecified atom stereocenters. The van der Waals surface area contributed by atoms with Gasteiger partial charge in [-0.1, -0.05) is 19.9 Å². The highest BCUT2D eigenvalue weighted by molar-refractivity contribution is 6.08. The zero-order valence-electron chi connectivity index (χ0n) is 11.7. The van der Waals surface area contributed by atoms with Gasteiger partial charge in [-0.05, 0) is 24.1 Å². The fourth-order valence-electron chi connectivity index (χ4n) is 2.05. The molecule has 0 bridgehead atoms. The quantitative estimate of drug-likeness (QED) is 0.822. The molecule has 2 rings (SSSR count). The molecular weight excluding hydrogens is 277 g/mol. The van der Waals surface area contributed by atoms with Crippen molar-refractivity contribution >= 4 is 23.5 Å². The van der Waals surface area contributed by atoms with E-state index in [0.29, 0.717) is 0 Å². The first-order valence-corrected chi connectivity index (χ1v) is 6.56. The Kier molecular flexibility index (Phi) is 4.21. The van der Waals surface area contributed by atoms with Crippen molar-refractivity contribution in [2.45, 2.75) is 19.9 Å². The summed E-state index contributed by atoms with van der Waals surface area (Å²) in [4.78, 5) is 36.4. The first-order chi connectivity index (χ1) is 9.88. The van der Waals surface area contributed by atoms with Crippen LogP contribution in [0.25, 0.3) is 0 Å². The number of rotatable bonds is 4. The molecule has 0 aliphatic carbocycles. The maximum Gasteiger partial charge on any atom is 0.325 e. The van der Waals surface area contributed by atoms with Crippen LogP contribution in [0.15, 0.2) is 24.3 Å². The zero-order valence-corrected chi connectivity index (χ0v) is 11.7. The van der Waals surface area contributed by atoms with E-state index in [1.54, 1.807) is 13.8 Å².